The number of rotatable bonds is 11. The summed E-state index contributed by atoms with van der Waals surface area (Å²) in [7, 11) is 2.13. The summed E-state index contributed by atoms with van der Waals surface area (Å²) < 4.78 is 5.92. The molecular formula is C20H34N2O2S. The van der Waals surface area contributed by atoms with Crippen LogP contribution in [0.4, 0.5) is 0 Å². The first kappa shape index (κ1) is 20.6. The first-order chi connectivity index (χ1) is 12.2. The van der Waals surface area contributed by atoms with E-state index in [0.29, 0.717) is 19.2 Å². The zero-order chi connectivity index (χ0) is 17.9. The summed E-state index contributed by atoms with van der Waals surface area (Å²) in [4.78, 5) is 2.31. The first-order valence-electron chi connectivity index (χ1n) is 9.49. The van der Waals surface area contributed by atoms with Crippen molar-refractivity contribution in [1.29, 1.82) is 0 Å². The van der Waals surface area contributed by atoms with Crippen LogP contribution in [0.5, 0.6) is 5.75 Å². The molecule has 1 unspecified atom stereocenters. The molecule has 4 nitrogen and oxygen atoms in total. The van der Waals surface area contributed by atoms with Crippen LogP contribution in [0.15, 0.2) is 24.3 Å². The normalized spacial score (nSPS) is 17.0. The van der Waals surface area contributed by atoms with Crippen molar-refractivity contribution in [2.45, 2.75) is 50.8 Å². The average molecular weight is 367 g/mol. The lowest BCUT2D eigenvalue weighted by Crippen LogP contribution is -2.40. The monoisotopic (exact) mass is 366 g/mol. The van der Waals surface area contributed by atoms with Gasteiger partial charge in [0, 0.05) is 37.0 Å². The predicted octanol–water partition coefficient (Wildman–Crippen LogP) is 3.14. The number of hydrogen-bond acceptors (Lipinski definition) is 5. The van der Waals surface area contributed by atoms with Crippen LogP contribution in [0, 0.1) is 0 Å². The van der Waals surface area contributed by atoms with Gasteiger partial charge in [-0.15, -0.1) is 0 Å². The summed E-state index contributed by atoms with van der Waals surface area (Å²) in [5, 5.41) is 13.8. The molecule has 0 bridgehead atoms. The van der Waals surface area contributed by atoms with Gasteiger partial charge in [-0.1, -0.05) is 37.5 Å². The van der Waals surface area contributed by atoms with Crippen LogP contribution in [0.3, 0.4) is 0 Å². The molecule has 2 rings (SSSR count). The van der Waals surface area contributed by atoms with E-state index in [-0.39, 0.29) is 0 Å². The number of nitrogens with one attached hydrogen (secondary N) is 1. The first-order valence-corrected chi connectivity index (χ1v) is 10.9. The van der Waals surface area contributed by atoms with Crippen LogP contribution in [-0.2, 0) is 6.54 Å². The standard InChI is InChI=1S/C20H34N2O2S/c1-22(18-9-4-3-5-10-18)15-19(23)16-24-20-11-7-6-8-17(20)14-21-12-13-25-2/h6-8,11,18-19,21,23H,3-5,9-10,12-16H2,1-2H3. The average Bonchev–Trinajstić information content (AvgIpc) is 2.65. The van der Waals surface area contributed by atoms with E-state index in [2.05, 4.69) is 29.6 Å². The molecule has 0 radical (unpaired) electrons. The van der Waals surface area contributed by atoms with Crippen molar-refractivity contribution in [1.82, 2.24) is 10.2 Å². The van der Waals surface area contributed by atoms with Crippen molar-refractivity contribution < 1.29 is 9.84 Å². The topological polar surface area (TPSA) is 44.7 Å². The second-order valence-corrected chi connectivity index (χ2v) is 7.96. The molecule has 25 heavy (non-hydrogen) atoms. The highest BCUT2D eigenvalue weighted by Crippen LogP contribution is 2.22. The second kappa shape index (κ2) is 11.8. The number of ether oxygens (including phenoxy) is 1. The summed E-state index contributed by atoms with van der Waals surface area (Å²) in [6, 6.07) is 8.72. The molecule has 0 saturated heterocycles. The van der Waals surface area contributed by atoms with E-state index in [9.17, 15) is 5.11 Å². The summed E-state index contributed by atoms with van der Waals surface area (Å²) in [5.74, 6) is 1.98. The van der Waals surface area contributed by atoms with Gasteiger partial charge in [-0.25, -0.2) is 0 Å². The van der Waals surface area contributed by atoms with E-state index in [1.807, 2.05) is 30.0 Å². The molecule has 0 heterocycles. The van der Waals surface area contributed by atoms with Crippen molar-refractivity contribution in [3.05, 3.63) is 29.8 Å². The van der Waals surface area contributed by atoms with Gasteiger partial charge in [0.25, 0.3) is 0 Å². The Morgan fingerprint density at radius 1 is 1.28 bits per heavy atom. The van der Waals surface area contributed by atoms with E-state index in [1.54, 1.807) is 0 Å². The maximum atomic E-state index is 10.4. The van der Waals surface area contributed by atoms with Crippen LogP contribution in [0.1, 0.15) is 37.7 Å². The Kier molecular flexibility index (Phi) is 9.69. The summed E-state index contributed by atoms with van der Waals surface area (Å²) in [6.07, 6.45) is 8.17. The summed E-state index contributed by atoms with van der Waals surface area (Å²) in [5.41, 5.74) is 1.15. The van der Waals surface area contributed by atoms with Crippen molar-refractivity contribution in [3.63, 3.8) is 0 Å². The quantitative estimate of drug-likeness (QED) is 0.589. The van der Waals surface area contributed by atoms with E-state index in [1.165, 1.54) is 32.1 Å². The lowest BCUT2D eigenvalue weighted by molar-refractivity contribution is 0.0558. The molecule has 1 aliphatic carbocycles. The molecule has 0 aromatic heterocycles. The summed E-state index contributed by atoms with van der Waals surface area (Å²) in [6.45, 7) is 2.82. The largest absolute Gasteiger partial charge is 0.491 e. The molecule has 1 aliphatic rings. The van der Waals surface area contributed by atoms with Crippen molar-refractivity contribution in [2.75, 3.05) is 38.8 Å². The molecule has 1 atom stereocenters. The Morgan fingerprint density at radius 2 is 2.04 bits per heavy atom. The molecule has 1 aromatic rings. The highest BCUT2D eigenvalue weighted by molar-refractivity contribution is 7.98. The van der Waals surface area contributed by atoms with Crippen LogP contribution >= 0.6 is 11.8 Å². The van der Waals surface area contributed by atoms with Crippen LogP contribution in [0.25, 0.3) is 0 Å². The Labute approximate surface area is 157 Å². The second-order valence-electron chi connectivity index (χ2n) is 6.97. The Bertz CT molecular complexity index is 481. The number of benzene rings is 1. The van der Waals surface area contributed by atoms with Crippen molar-refractivity contribution in [3.8, 4) is 5.75 Å². The predicted molar refractivity (Wildman–Crippen MR) is 108 cm³/mol. The smallest absolute Gasteiger partial charge is 0.123 e. The fourth-order valence-corrected chi connectivity index (χ4v) is 3.78. The fourth-order valence-electron chi connectivity index (χ4n) is 3.43. The van der Waals surface area contributed by atoms with Gasteiger partial charge in [0.05, 0.1) is 0 Å². The van der Waals surface area contributed by atoms with Gasteiger partial charge in [0.1, 0.15) is 18.5 Å². The van der Waals surface area contributed by atoms with Gasteiger partial charge in [-0.2, -0.15) is 11.8 Å². The minimum absolute atomic E-state index is 0.346. The van der Waals surface area contributed by atoms with Gasteiger partial charge in [0.2, 0.25) is 0 Å². The molecule has 2 N–H and O–H groups in total. The number of hydrogen-bond donors (Lipinski definition) is 2. The van der Waals surface area contributed by atoms with E-state index in [0.717, 1.165) is 30.2 Å². The zero-order valence-corrected chi connectivity index (χ0v) is 16.6. The van der Waals surface area contributed by atoms with E-state index in [4.69, 9.17) is 4.74 Å². The number of aliphatic hydroxyl groups is 1. The van der Waals surface area contributed by atoms with Gasteiger partial charge in [-0.3, -0.25) is 0 Å². The number of aliphatic hydroxyl groups excluding tert-OH is 1. The van der Waals surface area contributed by atoms with Gasteiger partial charge in [-0.05, 0) is 32.2 Å². The molecule has 0 aliphatic heterocycles. The van der Waals surface area contributed by atoms with Crippen LogP contribution in [-0.4, -0.2) is 60.9 Å². The van der Waals surface area contributed by atoms with E-state index >= 15 is 0 Å². The molecule has 0 amide bonds. The number of para-hydroxylation sites is 1. The van der Waals surface area contributed by atoms with Crippen molar-refractivity contribution >= 4 is 11.8 Å². The van der Waals surface area contributed by atoms with Crippen molar-refractivity contribution in [2.24, 2.45) is 0 Å². The lowest BCUT2D eigenvalue weighted by atomic mass is 9.94. The molecule has 1 fully saturated rings. The SMILES string of the molecule is CSCCNCc1ccccc1OCC(O)CN(C)C1CCCCC1. The molecular weight excluding hydrogens is 332 g/mol. The third kappa shape index (κ3) is 7.57. The van der Waals surface area contributed by atoms with Crippen LogP contribution in [0.2, 0.25) is 0 Å². The zero-order valence-electron chi connectivity index (χ0n) is 15.7. The number of likely N-dealkylation sites (N-methyl/N-ethyl adjacent to an activating group) is 1. The number of nitrogens with zero attached hydrogens (tertiary/aromatic N) is 1. The molecule has 0 spiro atoms. The molecule has 1 aromatic carbocycles. The highest BCUT2D eigenvalue weighted by Gasteiger charge is 2.20. The maximum Gasteiger partial charge on any atom is 0.123 e. The number of thioether (sulfide) groups is 1. The van der Waals surface area contributed by atoms with Gasteiger partial charge in [0.15, 0.2) is 0 Å². The highest BCUT2D eigenvalue weighted by atomic mass is 32.2. The summed E-state index contributed by atoms with van der Waals surface area (Å²) >= 11 is 1.84. The minimum atomic E-state index is -0.454. The van der Waals surface area contributed by atoms with Gasteiger partial charge >= 0.3 is 0 Å². The van der Waals surface area contributed by atoms with Gasteiger partial charge < -0.3 is 20.1 Å². The fraction of sp³-hybridized carbons (Fsp3) is 0.700. The molecule has 5 heteroatoms. The molecule has 1 saturated carbocycles. The Hall–Kier alpha value is -0.750. The lowest BCUT2D eigenvalue weighted by Gasteiger charge is -2.32. The van der Waals surface area contributed by atoms with Crippen LogP contribution < -0.4 is 10.1 Å². The maximum absolute atomic E-state index is 10.4. The minimum Gasteiger partial charge on any atom is -0.491 e. The molecule has 142 valence electrons. The third-order valence-corrected chi connectivity index (χ3v) is 5.51. The van der Waals surface area contributed by atoms with E-state index < -0.39 is 6.10 Å². The third-order valence-electron chi connectivity index (χ3n) is 4.90. The Balaban J connectivity index is 1.75. The Morgan fingerprint density at radius 3 is 2.80 bits per heavy atom.